The molecule has 2 rings (SSSR count). The molecule has 2 aromatic carbocycles. The van der Waals surface area contributed by atoms with Gasteiger partial charge in [-0.05, 0) is 23.1 Å². The van der Waals surface area contributed by atoms with E-state index in [2.05, 4.69) is 5.32 Å². The van der Waals surface area contributed by atoms with Gasteiger partial charge >= 0.3 is 12.1 Å². The summed E-state index contributed by atoms with van der Waals surface area (Å²) in [4.78, 5) is 23.6. The van der Waals surface area contributed by atoms with Crippen LogP contribution >= 0.6 is 0 Å². The molecule has 0 saturated heterocycles. The third-order valence-electron chi connectivity index (χ3n) is 4.28. The van der Waals surface area contributed by atoms with Gasteiger partial charge in [0, 0.05) is 13.0 Å². The maximum atomic E-state index is 12.8. The number of carboxylic acids is 1. The van der Waals surface area contributed by atoms with Crippen molar-refractivity contribution in [2.45, 2.75) is 31.4 Å². The van der Waals surface area contributed by atoms with Gasteiger partial charge in [-0.3, -0.25) is 9.59 Å². The Labute approximate surface area is 155 Å². The van der Waals surface area contributed by atoms with Crippen molar-refractivity contribution in [1.82, 2.24) is 5.32 Å². The number of carbonyl (C=O) groups excluding carboxylic acids is 1. The number of alkyl halides is 3. The molecule has 0 aliphatic heterocycles. The highest BCUT2D eigenvalue weighted by Crippen LogP contribution is 2.31. The lowest BCUT2D eigenvalue weighted by Crippen LogP contribution is -2.32. The second kappa shape index (κ2) is 8.70. The minimum atomic E-state index is -4.44. The van der Waals surface area contributed by atoms with Crippen molar-refractivity contribution in [3.63, 3.8) is 0 Å². The normalized spacial score (nSPS) is 13.6. The van der Waals surface area contributed by atoms with Crippen molar-refractivity contribution in [1.29, 1.82) is 0 Å². The molecule has 144 valence electrons. The van der Waals surface area contributed by atoms with Crippen LogP contribution in [0.25, 0.3) is 0 Å². The van der Waals surface area contributed by atoms with E-state index in [4.69, 9.17) is 0 Å². The number of rotatable bonds is 7. The molecule has 1 amide bonds. The average Bonchev–Trinajstić information content (AvgIpc) is 2.62. The first-order chi connectivity index (χ1) is 12.7. The number of hydrogen-bond donors (Lipinski definition) is 2. The minimum Gasteiger partial charge on any atom is -0.481 e. The number of amides is 1. The summed E-state index contributed by atoms with van der Waals surface area (Å²) < 4.78 is 38.4. The van der Waals surface area contributed by atoms with Crippen LogP contribution in [0.1, 0.15) is 41.9 Å². The van der Waals surface area contributed by atoms with Gasteiger partial charge in [-0.2, -0.15) is 13.2 Å². The van der Waals surface area contributed by atoms with Gasteiger partial charge in [0.05, 0.1) is 11.5 Å². The lowest BCUT2D eigenvalue weighted by Gasteiger charge is -2.16. The lowest BCUT2D eigenvalue weighted by atomic mass is 9.95. The summed E-state index contributed by atoms with van der Waals surface area (Å²) in [6, 6.07) is 13.4. The van der Waals surface area contributed by atoms with Crippen LogP contribution in [0.4, 0.5) is 13.2 Å². The molecule has 2 N–H and O–H groups in total. The van der Waals surface area contributed by atoms with E-state index in [1.54, 1.807) is 37.3 Å². The van der Waals surface area contributed by atoms with Crippen LogP contribution in [-0.2, 0) is 15.8 Å². The topological polar surface area (TPSA) is 66.4 Å². The molecule has 0 aromatic heterocycles. The molecule has 27 heavy (non-hydrogen) atoms. The molecule has 0 spiro atoms. The van der Waals surface area contributed by atoms with Crippen LogP contribution in [-0.4, -0.2) is 23.5 Å². The van der Waals surface area contributed by atoms with Crippen molar-refractivity contribution in [2.75, 3.05) is 6.54 Å². The van der Waals surface area contributed by atoms with Gasteiger partial charge in [0.15, 0.2) is 0 Å². The summed E-state index contributed by atoms with van der Waals surface area (Å²) in [6.07, 6.45) is -4.48. The highest BCUT2D eigenvalue weighted by molar-refractivity contribution is 5.80. The van der Waals surface area contributed by atoms with Crippen molar-refractivity contribution >= 4 is 11.9 Å². The Balaban J connectivity index is 1.98. The Morgan fingerprint density at radius 3 is 2.26 bits per heavy atom. The molecule has 4 nitrogen and oxygen atoms in total. The van der Waals surface area contributed by atoms with E-state index in [0.717, 1.165) is 12.1 Å². The zero-order valence-corrected chi connectivity index (χ0v) is 14.7. The van der Waals surface area contributed by atoms with E-state index in [9.17, 15) is 27.9 Å². The molecule has 0 saturated carbocycles. The Morgan fingerprint density at radius 2 is 1.67 bits per heavy atom. The smallest absolute Gasteiger partial charge is 0.416 e. The third-order valence-corrected chi connectivity index (χ3v) is 4.28. The van der Waals surface area contributed by atoms with Gasteiger partial charge in [-0.1, -0.05) is 55.5 Å². The number of carbonyl (C=O) groups is 2. The third kappa shape index (κ3) is 5.84. The van der Waals surface area contributed by atoms with Crippen molar-refractivity contribution in [3.05, 3.63) is 71.3 Å². The predicted octanol–water partition coefficient (Wildman–Crippen LogP) is 4.18. The van der Waals surface area contributed by atoms with E-state index in [1.807, 2.05) is 0 Å². The SMILES string of the molecule is CC(CC(=O)NCC(C(=O)O)c1ccccc1)c1cccc(C(F)(F)F)c1. The van der Waals surface area contributed by atoms with E-state index < -0.39 is 35.5 Å². The molecule has 0 radical (unpaired) electrons. The van der Waals surface area contributed by atoms with E-state index in [1.165, 1.54) is 12.1 Å². The molecule has 2 atom stereocenters. The summed E-state index contributed by atoms with van der Waals surface area (Å²) in [6.45, 7) is 1.56. The van der Waals surface area contributed by atoms with Crippen molar-refractivity contribution in [3.8, 4) is 0 Å². The van der Waals surface area contributed by atoms with Crippen LogP contribution < -0.4 is 5.32 Å². The highest BCUT2D eigenvalue weighted by atomic mass is 19.4. The van der Waals surface area contributed by atoms with Crippen molar-refractivity contribution in [2.24, 2.45) is 0 Å². The predicted molar refractivity (Wildman–Crippen MR) is 94.3 cm³/mol. The fourth-order valence-corrected chi connectivity index (χ4v) is 2.74. The maximum Gasteiger partial charge on any atom is 0.416 e. The molecule has 0 fully saturated rings. The number of nitrogens with one attached hydrogen (secondary N) is 1. The Hall–Kier alpha value is -2.83. The highest BCUT2D eigenvalue weighted by Gasteiger charge is 2.30. The van der Waals surface area contributed by atoms with Crippen LogP contribution in [0.2, 0.25) is 0 Å². The molecular formula is C20H20F3NO3. The first kappa shape index (κ1) is 20.5. The summed E-state index contributed by atoms with van der Waals surface area (Å²) >= 11 is 0. The second-order valence-corrected chi connectivity index (χ2v) is 6.33. The van der Waals surface area contributed by atoms with E-state index in [-0.39, 0.29) is 13.0 Å². The first-order valence-corrected chi connectivity index (χ1v) is 8.40. The molecule has 0 aliphatic carbocycles. The minimum absolute atomic E-state index is 0.0392. The fourth-order valence-electron chi connectivity index (χ4n) is 2.74. The lowest BCUT2D eigenvalue weighted by molar-refractivity contribution is -0.139. The number of benzene rings is 2. The quantitative estimate of drug-likeness (QED) is 0.758. The van der Waals surface area contributed by atoms with Gasteiger partial charge in [0.25, 0.3) is 0 Å². The summed E-state index contributed by atoms with van der Waals surface area (Å²) in [7, 11) is 0. The summed E-state index contributed by atoms with van der Waals surface area (Å²) in [5.74, 6) is -2.80. The number of carboxylic acid groups (broad SMARTS) is 1. The second-order valence-electron chi connectivity index (χ2n) is 6.33. The largest absolute Gasteiger partial charge is 0.481 e. The number of aliphatic carboxylic acids is 1. The molecule has 2 unspecified atom stereocenters. The van der Waals surface area contributed by atoms with E-state index >= 15 is 0 Å². The van der Waals surface area contributed by atoms with Crippen LogP contribution in [0.5, 0.6) is 0 Å². The Bertz CT molecular complexity index is 791. The zero-order valence-electron chi connectivity index (χ0n) is 14.7. The van der Waals surface area contributed by atoms with Gasteiger partial charge in [-0.25, -0.2) is 0 Å². The fraction of sp³-hybridized carbons (Fsp3) is 0.300. The number of halogens is 3. The molecule has 0 bridgehead atoms. The van der Waals surface area contributed by atoms with Crippen LogP contribution in [0.15, 0.2) is 54.6 Å². The van der Waals surface area contributed by atoms with Crippen molar-refractivity contribution < 1.29 is 27.9 Å². The average molecular weight is 379 g/mol. The molecular weight excluding hydrogens is 359 g/mol. The van der Waals surface area contributed by atoms with Crippen LogP contribution in [0, 0.1) is 0 Å². The zero-order chi connectivity index (χ0) is 20.0. The van der Waals surface area contributed by atoms with Gasteiger partial charge in [0.1, 0.15) is 0 Å². The Kier molecular flexibility index (Phi) is 6.60. The standard InChI is InChI=1S/C20H20F3NO3/c1-13(15-8-5-9-16(11-15)20(21,22)23)10-18(25)24-12-17(19(26)27)14-6-3-2-4-7-14/h2-9,11,13,17H,10,12H2,1H3,(H,24,25)(H,26,27). The monoisotopic (exact) mass is 379 g/mol. The van der Waals surface area contributed by atoms with Gasteiger partial charge in [-0.15, -0.1) is 0 Å². The summed E-state index contributed by atoms with van der Waals surface area (Å²) in [5.41, 5.74) is 0.205. The molecule has 7 heteroatoms. The first-order valence-electron chi connectivity index (χ1n) is 8.40. The maximum absolute atomic E-state index is 12.8. The molecule has 2 aromatic rings. The van der Waals surface area contributed by atoms with Crippen LogP contribution in [0.3, 0.4) is 0 Å². The van der Waals surface area contributed by atoms with Gasteiger partial charge < -0.3 is 10.4 Å². The number of hydrogen-bond acceptors (Lipinski definition) is 2. The van der Waals surface area contributed by atoms with Gasteiger partial charge in [0.2, 0.25) is 5.91 Å². The molecule has 0 heterocycles. The molecule has 0 aliphatic rings. The van der Waals surface area contributed by atoms with E-state index in [0.29, 0.717) is 11.1 Å². The summed E-state index contributed by atoms with van der Waals surface area (Å²) in [5, 5.41) is 11.9. The Morgan fingerprint density at radius 1 is 1.04 bits per heavy atom.